The maximum Gasteiger partial charge on any atom is 0.228 e. The number of amides is 1. The maximum atomic E-state index is 13.0. The van der Waals surface area contributed by atoms with Gasteiger partial charge in [0.05, 0.1) is 6.42 Å². The van der Waals surface area contributed by atoms with E-state index in [0.29, 0.717) is 12.4 Å². The summed E-state index contributed by atoms with van der Waals surface area (Å²) in [7, 11) is 0. The van der Waals surface area contributed by atoms with Crippen LogP contribution in [-0.4, -0.2) is 10.9 Å². The van der Waals surface area contributed by atoms with E-state index in [2.05, 4.69) is 15.6 Å². The Hall–Kier alpha value is -4.19. The van der Waals surface area contributed by atoms with Crippen molar-refractivity contribution in [3.05, 3.63) is 113 Å². The molecular weight excluding hydrogens is 429 g/mol. The van der Waals surface area contributed by atoms with Gasteiger partial charge in [-0.05, 0) is 73.0 Å². The van der Waals surface area contributed by atoms with Gasteiger partial charge in [0.15, 0.2) is 0 Å². The van der Waals surface area contributed by atoms with Crippen LogP contribution < -0.4 is 15.4 Å². The Balaban J connectivity index is 1.29. The number of pyridine rings is 1. The lowest BCUT2D eigenvalue weighted by atomic mass is 10.1. The average Bonchev–Trinajstić information content (AvgIpc) is 2.83. The molecule has 0 fully saturated rings. The third-order valence-corrected chi connectivity index (χ3v) is 5.32. The number of benzene rings is 3. The van der Waals surface area contributed by atoms with E-state index >= 15 is 0 Å². The fourth-order valence-corrected chi connectivity index (χ4v) is 3.40. The van der Waals surface area contributed by atoms with E-state index in [1.165, 1.54) is 17.7 Å². The number of ether oxygens (including phenoxy) is 1. The zero-order valence-corrected chi connectivity index (χ0v) is 19.1. The minimum absolute atomic E-state index is 0.144. The molecule has 1 heterocycles. The van der Waals surface area contributed by atoms with Crippen LogP contribution in [-0.2, 0) is 17.8 Å². The van der Waals surface area contributed by atoms with Crippen LogP contribution >= 0.6 is 0 Å². The second-order valence-electron chi connectivity index (χ2n) is 8.15. The first-order chi connectivity index (χ1) is 16.4. The fourth-order valence-electron chi connectivity index (χ4n) is 3.40. The van der Waals surface area contributed by atoms with E-state index in [4.69, 9.17) is 4.74 Å². The summed E-state index contributed by atoms with van der Waals surface area (Å²) in [5, 5.41) is 6.29. The lowest BCUT2D eigenvalue weighted by molar-refractivity contribution is -0.115. The van der Waals surface area contributed by atoms with Gasteiger partial charge in [0.1, 0.15) is 11.6 Å². The number of nitrogens with zero attached hydrogens (tertiary/aromatic N) is 1. The standard InChI is InChI=1S/C28H26FN3O2/c1-19-3-11-25(12-4-19)34-28-14-7-22(18-31-28)17-30-24-10-13-26(20(2)15-24)32-27(33)16-21-5-8-23(29)9-6-21/h3-15,18,30H,16-17H2,1-2H3,(H,32,33). The highest BCUT2D eigenvalue weighted by Gasteiger charge is 2.07. The molecule has 2 N–H and O–H groups in total. The van der Waals surface area contributed by atoms with E-state index in [-0.39, 0.29) is 18.1 Å². The SMILES string of the molecule is Cc1ccc(Oc2ccc(CNc3ccc(NC(=O)Cc4ccc(F)cc4)c(C)c3)cn2)cc1. The molecule has 0 bridgehead atoms. The zero-order valence-electron chi connectivity index (χ0n) is 19.1. The first-order valence-electron chi connectivity index (χ1n) is 11.0. The number of nitrogens with one attached hydrogen (secondary N) is 2. The molecule has 0 radical (unpaired) electrons. The average molecular weight is 456 g/mol. The molecule has 0 atom stereocenters. The highest BCUT2D eigenvalue weighted by Crippen LogP contribution is 2.22. The number of aromatic nitrogens is 1. The second-order valence-corrected chi connectivity index (χ2v) is 8.15. The van der Waals surface area contributed by atoms with Crippen molar-refractivity contribution in [2.75, 3.05) is 10.6 Å². The number of carbonyl (C=O) groups excluding carboxylic acids is 1. The molecule has 0 spiro atoms. The Bertz CT molecular complexity index is 1250. The predicted octanol–water partition coefficient (Wildman–Crippen LogP) is 6.42. The zero-order chi connectivity index (χ0) is 23.9. The first-order valence-corrected chi connectivity index (χ1v) is 11.0. The normalized spacial score (nSPS) is 10.6. The molecule has 4 rings (SSSR count). The van der Waals surface area contributed by atoms with Gasteiger partial charge in [-0.2, -0.15) is 0 Å². The Morgan fingerprint density at radius 1 is 0.912 bits per heavy atom. The third kappa shape index (κ3) is 6.42. The molecule has 0 aliphatic rings. The van der Waals surface area contributed by atoms with Crippen LogP contribution in [0.25, 0.3) is 0 Å². The molecule has 0 unspecified atom stereocenters. The summed E-state index contributed by atoms with van der Waals surface area (Å²) in [6, 6.07) is 23.4. The van der Waals surface area contributed by atoms with Gasteiger partial charge in [-0.3, -0.25) is 4.79 Å². The molecule has 6 heteroatoms. The molecular formula is C28H26FN3O2. The van der Waals surface area contributed by atoms with E-state index in [9.17, 15) is 9.18 Å². The summed E-state index contributed by atoms with van der Waals surface area (Å²) in [4.78, 5) is 16.7. The van der Waals surface area contributed by atoms with Crippen LogP contribution in [0.3, 0.4) is 0 Å². The van der Waals surface area contributed by atoms with Gasteiger partial charge in [0.2, 0.25) is 11.8 Å². The number of halogens is 1. The molecule has 1 amide bonds. The minimum Gasteiger partial charge on any atom is -0.439 e. The van der Waals surface area contributed by atoms with Gasteiger partial charge >= 0.3 is 0 Å². The van der Waals surface area contributed by atoms with Crippen molar-refractivity contribution in [1.82, 2.24) is 4.98 Å². The van der Waals surface area contributed by atoms with Gasteiger partial charge in [0.25, 0.3) is 0 Å². The van der Waals surface area contributed by atoms with Crippen LogP contribution in [0.1, 0.15) is 22.3 Å². The molecule has 1 aromatic heterocycles. The Morgan fingerprint density at radius 3 is 2.32 bits per heavy atom. The van der Waals surface area contributed by atoms with Crippen LogP contribution in [0, 0.1) is 19.7 Å². The van der Waals surface area contributed by atoms with Gasteiger partial charge in [-0.25, -0.2) is 9.37 Å². The Labute approximate surface area is 198 Å². The number of hydrogen-bond acceptors (Lipinski definition) is 4. The van der Waals surface area contributed by atoms with Crippen LogP contribution in [0.15, 0.2) is 85.1 Å². The van der Waals surface area contributed by atoms with E-state index in [0.717, 1.165) is 33.8 Å². The highest BCUT2D eigenvalue weighted by molar-refractivity contribution is 5.93. The summed E-state index contributed by atoms with van der Waals surface area (Å²) in [6.07, 6.45) is 1.98. The lowest BCUT2D eigenvalue weighted by Gasteiger charge is -2.12. The fraction of sp³-hybridized carbons (Fsp3) is 0.143. The molecule has 0 aliphatic heterocycles. The van der Waals surface area contributed by atoms with Crippen LogP contribution in [0.2, 0.25) is 0 Å². The van der Waals surface area contributed by atoms with Crippen molar-refractivity contribution in [1.29, 1.82) is 0 Å². The summed E-state index contributed by atoms with van der Waals surface area (Å²) >= 11 is 0. The molecule has 5 nitrogen and oxygen atoms in total. The van der Waals surface area contributed by atoms with Crippen molar-refractivity contribution in [3.63, 3.8) is 0 Å². The highest BCUT2D eigenvalue weighted by atomic mass is 19.1. The topological polar surface area (TPSA) is 63.2 Å². The third-order valence-electron chi connectivity index (χ3n) is 5.32. The number of anilines is 2. The Kier molecular flexibility index (Phi) is 7.18. The predicted molar refractivity (Wildman–Crippen MR) is 133 cm³/mol. The van der Waals surface area contributed by atoms with Crippen molar-refractivity contribution in [2.45, 2.75) is 26.8 Å². The van der Waals surface area contributed by atoms with Crippen LogP contribution in [0.4, 0.5) is 15.8 Å². The largest absolute Gasteiger partial charge is 0.439 e. The molecule has 0 aliphatic carbocycles. The van der Waals surface area contributed by atoms with E-state index in [1.54, 1.807) is 18.3 Å². The Morgan fingerprint density at radius 2 is 1.65 bits per heavy atom. The molecule has 34 heavy (non-hydrogen) atoms. The van der Waals surface area contributed by atoms with Crippen molar-refractivity contribution in [3.8, 4) is 11.6 Å². The smallest absolute Gasteiger partial charge is 0.228 e. The first kappa shape index (κ1) is 23.0. The lowest BCUT2D eigenvalue weighted by Crippen LogP contribution is -2.15. The summed E-state index contributed by atoms with van der Waals surface area (Å²) in [6.45, 7) is 4.58. The molecule has 3 aromatic carbocycles. The maximum absolute atomic E-state index is 13.0. The van der Waals surface area contributed by atoms with Gasteiger partial charge in [-0.15, -0.1) is 0 Å². The van der Waals surface area contributed by atoms with E-state index < -0.39 is 0 Å². The number of hydrogen-bond donors (Lipinski definition) is 2. The van der Waals surface area contributed by atoms with Crippen molar-refractivity contribution in [2.24, 2.45) is 0 Å². The molecule has 0 saturated heterocycles. The molecule has 0 saturated carbocycles. The van der Waals surface area contributed by atoms with Gasteiger partial charge in [0, 0.05) is 30.2 Å². The molecule has 172 valence electrons. The number of rotatable bonds is 8. The molecule has 4 aromatic rings. The monoisotopic (exact) mass is 455 g/mol. The van der Waals surface area contributed by atoms with Crippen molar-refractivity contribution < 1.29 is 13.9 Å². The van der Waals surface area contributed by atoms with Crippen LogP contribution in [0.5, 0.6) is 11.6 Å². The van der Waals surface area contributed by atoms with Gasteiger partial charge < -0.3 is 15.4 Å². The van der Waals surface area contributed by atoms with Crippen molar-refractivity contribution >= 4 is 17.3 Å². The summed E-state index contributed by atoms with van der Waals surface area (Å²) < 4.78 is 18.8. The van der Waals surface area contributed by atoms with E-state index in [1.807, 2.05) is 68.4 Å². The second kappa shape index (κ2) is 10.6. The van der Waals surface area contributed by atoms with Gasteiger partial charge in [-0.1, -0.05) is 35.9 Å². The number of aryl methyl sites for hydroxylation is 2. The summed E-state index contributed by atoms with van der Waals surface area (Å²) in [5.74, 6) is 0.841. The number of carbonyl (C=O) groups is 1. The quantitative estimate of drug-likeness (QED) is 0.322. The summed E-state index contributed by atoms with van der Waals surface area (Å²) in [5.41, 5.74) is 5.59. The minimum atomic E-state index is -0.314.